The smallest absolute Gasteiger partial charge is 0.351 e. The van der Waals surface area contributed by atoms with Gasteiger partial charge in [-0.05, 0) is 42.3 Å². The largest absolute Gasteiger partial charge is 0.504 e. The molecule has 2 N–H and O–H groups in total. The molecule has 0 spiro atoms. The van der Waals surface area contributed by atoms with Gasteiger partial charge in [0.25, 0.3) is 5.91 Å². The molecule has 2 aromatic rings. The minimum Gasteiger partial charge on any atom is -0.504 e. The number of phenolic OH excluding ortho intramolecular Hbond substituents is 1. The molecular weight excluding hydrogens is 362 g/mol. The third-order valence-corrected chi connectivity index (χ3v) is 4.17. The number of carbonyl (C=O) groups is 3. The first-order valence-corrected chi connectivity index (χ1v) is 8.53. The van der Waals surface area contributed by atoms with E-state index >= 15 is 0 Å². The summed E-state index contributed by atoms with van der Waals surface area (Å²) in [6.07, 6.45) is 0.0537. The Bertz CT molecular complexity index is 984. The van der Waals surface area contributed by atoms with E-state index in [-0.39, 0.29) is 17.9 Å². The molecule has 3 rings (SSSR count). The Morgan fingerprint density at radius 1 is 1.21 bits per heavy atom. The fourth-order valence-electron chi connectivity index (χ4n) is 2.83. The maximum absolute atomic E-state index is 12.5. The van der Waals surface area contributed by atoms with Gasteiger partial charge in [-0.2, -0.15) is 4.99 Å². The highest BCUT2D eigenvalue weighted by Crippen LogP contribution is 2.27. The van der Waals surface area contributed by atoms with Crippen molar-refractivity contribution in [1.82, 2.24) is 4.90 Å². The van der Waals surface area contributed by atoms with Crippen LogP contribution in [0.25, 0.3) is 0 Å². The molecule has 8 nitrogen and oxygen atoms in total. The number of nitrogens with one attached hydrogen (secondary N) is 1. The van der Waals surface area contributed by atoms with Crippen LogP contribution >= 0.6 is 0 Å². The zero-order chi connectivity index (χ0) is 20.3. The second-order valence-corrected chi connectivity index (χ2v) is 6.33. The number of imide groups is 1. The molecule has 0 aliphatic carbocycles. The second kappa shape index (κ2) is 7.91. The summed E-state index contributed by atoms with van der Waals surface area (Å²) < 4.78 is 4.97. The van der Waals surface area contributed by atoms with Gasteiger partial charge in [0.15, 0.2) is 11.5 Å². The van der Waals surface area contributed by atoms with E-state index in [0.717, 1.165) is 10.5 Å². The van der Waals surface area contributed by atoms with Crippen LogP contribution in [0.3, 0.4) is 0 Å². The lowest BCUT2D eigenvalue weighted by Crippen LogP contribution is -2.39. The summed E-state index contributed by atoms with van der Waals surface area (Å²) in [4.78, 5) is 41.3. The maximum Gasteiger partial charge on any atom is 0.351 e. The molecule has 0 bridgehead atoms. The molecule has 0 radical (unpaired) electrons. The molecular formula is C20H19N3O5. The van der Waals surface area contributed by atoms with Crippen LogP contribution in [-0.2, 0) is 16.0 Å². The van der Waals surface area contributed by atoms with Crippen molar-refractivity contribution in [3.05, 3.63) is 53.6 Å². The van der Waals surface area contributed by atoms with Gasteiger partial charge in [-0.3, -0.25) is 9.59 Å². The highest BCUT2D eigenvalue weighted by Gasteiger charge is 2.34. The lowest BCUT2D eigenvalue weighted by Gasteiger charge is -2.13. The van der Waals surface area contributed by atoms with Crippen LogP contribution in [0.4, 0.5) is 10.5 Å². The van der Waals surface area contributed by atoms with Crippen molar-refractivity contribution in [3.8, 4) is 11.5 Å². The Morgan fingerprint density at radius 3 is 2.68 bits per heavy atom. The van der Waals surface area contributed by atoms with E-state index in [4.69, 9.17) is 4.74 Å². The van der Waals surface area contributed by atoms with E-state index in [1.807, 2.05) is 13.0 Å². The van der Waals surface area contributed by atoms with Gasteiger partial charge in [0.1, 0.15) is 12.3 Å². The number of methoxy groups -OCH3 is 1. The van der Waals surface area contributed by atoms with E-state index in [9.17, 15) is 19.5 Å². The number of phenols is 1. The molecule has 0 fully saturated rings. The third-order valence-electron chi connectivity index (χ3n) is 4.17. The van der Waals surface area contributed by atoms with Gasteiger partial charge in [-0.15, -0.1) is 0 Å². The molecule has 2 aromatic carbocycles. The van der Waals surface area contributed by atoms with E-state index in [2.05, 4.69) is 10.3 Å². The van der Waals surface area contributed by atoms with Crippen molar-refractivity contribution in [1.29, 1.82) is 0 Å². The summed E-state index contributed by atoms with van der Waals surface area (Å²) in [6.45, 7) is 1.47. The Balaban J connectivity index is 1.64. The number of amides is 4. The molecule has 0 atom stereocenters. The van der Waals surface area contributed by atoms with Crippen LogP contribution in [0.5, 0.6) is 11.5 Å². The number of carbonyl (C=O) groups excluding carboxylic acids is 3. The Kier molecular flexibility index (Phi) is 5.39. The summed E-state index contributed by atoms with van der Waals surface area (Å²) in [7, 11) is 1.43. The average molecular weight is 381 g/mol. The van der Waals surface area contributed by atoms with Gasteiger partial charge >= 0.3 is 6.03 Å². The summed E-state index contributed by atoms with van der Waals surface area (Å²) in [5, 5.41) is 12.5. The highest BCUT2D eigenvalue weighted by molar-refractivity contribution is 6.46. The van der Waals surface area contributed by atoms with E-state index < -0.39 is 24.4 Å². The first-order chi connectivity index (χ1) is 13.4. The lowest BCUT2D eigenvalue weighted by atomic mass is 10.1. The molecule has 0 saturated heterocycles. The zero-order valence-electron chi connectivity index (χ0n) is 15.4. The number of aliphatic imine (C=N–C) groups is 1. The average Bonchev–Trinajstić information content (AvgIpc) is 2.89. The molecule has 0 aromatic heterocycles. The van der Waals surface area contributed by atoms with Crippen molar-refractivity contribution in [2.75, 3.05) is 19.0 Å². The van der Waals surface area contributed by atoms with Crippen molar-refractivity contribution >= 4 is 29.2 Å². The van der Waals surface area contributed by atoms with Crippen LogP contribution in [-0.4, -0.2) is 47.2 Å². The molecule has 1 aliphatic heterocycles. The standard InChI is InChI=1S/C20H19N3O5/c1-12-4-3-5-14(8-12)21-18(25)11-23-19(26)15(22-20(23)27)9-13-6-7-17(28-2)16(24)10-13/h3-8,10,24H,9,11H2,1-2H3,(H,21,25). The van der Waals surface area contributed by atoms with Crippen molar-refractivity contribution in [3.63, 3.8) is 0 Å². The number of aryl methyl sites for hydroxylation is 1. The van der Waals surface area contributed by atoms with Gasteiger partial charge in [0.2, 0.25) is 5.91 Å². The molecule has 4 amide bonds. The first-order valence-electron chi connectivity index (χ1n) is 8.53. The van der Waals surface area contributed by atoms with Crippen LogP contribution in [0, 0.1) is 6.92 Å². The van der Waals surface area contributed by atoms with Crippen molar-refractivity contribution < 1.29 is 24.2 Å². The van der Waals surface area contributed by atoms with Gasteiger partial charge < -0.3 is 15.2 Å². The number of urea groups is 1. The zero-order valence-corrected chi connectivity index (χ0v) is 15.4. The normalized spacial score (nSPS) is 13.5. The van der Waals surface area contributed by atoms with Crippen LogP contribution in [0.15, 0.2) is 47.5 Å². The van der Waals surface area contributed by atoms with Gasteiger partial charge in [-0.25, -0.2) is 9.69 Å². The Hall–Kier alpha value is -3.68. The second-order valence-electron chi connectivity index (χ2n) is 6.33. The Morgan fingerprint density at radius 2 is 2.00 bits per heavy atom. The number of hydrogen-bond acceptors (Lipinski definition) is 5. The van der Waals surface area contributed by atoms with E-state index in [1.54, 1.807) is 30.3 Å². The van der Waals surface area contributed by atoms with Gasteiger partial charge in [-0.1, -0.05) is 18.2 Å². The summed E-state index contributed by atoms with van der Waals surface area (Å²) in [6, 6.07) is 11.1. The highest BCUT2D eigenvalue weighted by atomic mass is 16.5. The summed E-state index contributed by atoms with van der Waals surface area (Å²) in [5.74, 6) is -0.897. The van der Waals surface area contributed by atoms with Gasteiger partial charge in [0, 0.05) is 12.1 Å². The molecule has 144 valence electrons. The van der Waals surface area contributed by atoms with Crippen LogP contribution in [0.1, 0.15) is 11.1 Å². The number of nitrogens with zero attached hydrogens (tertiary/aromatic N) is 2. The molecule has 28 heavy (non-hydrogen) atoms. The Labute approximate surface area is 161 Å². The minimum absolute atomic E-state index is 0.0120. The van der Waals surface area contributed by atoms with Crippen LogP contribution < -0.4 is 10.1 Å². The van der Waals surface area contributed by atoms with E-state index in [1.165, 1.54) is 13.2 Å². The minimum atomic E-state index is -0.780. The summed E-state index contributed by atoms with van der Waals surface area (Å²) >= 11 is 0. The predicted octanol–water partition coefficient (Wildman–Crippen LogP) is 2.29. The number of hydrogen-bond donors (Lipinski definition) is 2. The molecule has 0 saturated carbocycles. The lowest BCUT2D eigenvalue weighted by molar-refractivity contribution is -0.125. The summed E-state index contributed by atoms with van der Waals surface area (Å²) in [5.41, 5.74) is 2.15. The van der Waals surface area contributed by atoms with E-state index in [0.29, 0.717) is 17.0 Å². The fraction of sp³-hybridized carbons (Fsp3) is 0.200. The maximum atomic E-state index is 12.5. The number of rotatable bonds is 6. The predicted molar refractivity (Wildman–Crippen MR) is 103 cm³/mol. The number of aromatic hydroxyl groups is 1. The molecule has 8 heteroatoms. The first kappa shape index (κ1) is 19.1. The number of benzene rings is 2. The molecule has 1 aliphatic rings. The van der Waals surface area contributed by atoms with Crippen molar-refractivity contribution in [2.24, 2.45) is 4.99 Å². The topological polar surface area (TPSA) is 108 Å². The van der Waals surface area contributed by atoms with Crippen molar-refractivity contribution in [2.45, 2.75) is 13.3 Å². The quantitative estimate of drug-likeness (QED) is 0.798. The SMILES string of the molecule is COc1ccc(CC2=NC(=O)N(CC(=O)Nc3cccc(C)c3)C2=O)cc1O. The van der Waals surface area contributed by atoms with Gasteiger partial charge in [0.05, 0.1) is 7.11 Å². The third kappa shape index (κ3) is 4.17. The molecule has 0 unspecified atom stereocenters. The number of anilines is 1. The van der Waals surface area contributed by atoms with Crippen LogP contribution in [0.2, 0.25) is 0 Å². The molecule has 1 heterocycles. The monoisotopic (exact) mass is 381 g/mol. The number of ether oxygens (including phenoxy) is 1. The fourth-order valence-corrected chi connectivity index (χ4v) is 2.83.